The Labute approximate surface area is 190 Å². The second kappa shape index (κ2) is 9.04. The number of anilines is 2. The fraction of sp³-hybridized carbons (Fsp3) is 0.462. The molecule has 2 atom stereocenters. The van der Waals surface area contributed by atoms with Crippen molar-refractivity contribution in [2.45, 2.75) is 33.0 Å². The van der Waals surface area contributed by atoms with Crippen LogP contribution in [0.2, 0.25) is 0 Å². The number of morpholine rings is 1. The maximum absolute atomic E-state index is 5.87. The van der Waals surface area contributed by atoms with E-state index >= 15 is 0 Å². The molecular weight excluding hydrogens is 398 g/mol. The van der Waals surface area contributed by atoms with Gasteiger partial charge in [0.05, 0.1) is 17.9 Å². The van der Waals surface area contributed by atoms with Crippen molar-refractivity contribution < 1.29 is 4.74 Å². The van der Waals surface area contributed by atoms with Crippen molar-refractivity contribution in [3.63, 3.8) is 0 Å². The Balaban J connectivity index is 1.45. The number of hydrogen-bond acceptors (Lipinski definition) is 6. The van der Waals surface area contributed by atoms with Crippen molar-refractivity contribution in [3.05, 3.63) is 48.7 Å². The summed E-state index contributed by atoms with van der Waals surface area (Å²) in [5, 5.41) is 2.45. The lowest BCUT2D eigenvalue weighted by atomic mass is 10.1. The Morgan fingerprint density at radius 3 is 2.38 bits per heavy atom. The van der Waals surface area contributed by atoms with Crippen molar-refractivity contribution in [1.29, 1.82) is 0 Å². The standard InChI is InChI=1S/C26H33N5O/c1-4-29-11-13-30(14-12-29)26-23-8-6-5-7-21(23)15-24(28-26)22-9-10-25(27-16-22)31-17-19(2)32-20(3)18-31/h5-10,15-16,19-20H,4,11-14,17-18H2,1-3H3. The van der Waals surface area contributed by atoms with Gasteiger partial charge in [0.25, 0.3) is 0 Å². The Hall–Kier alpha value is -2.70. The molecular formula is C26H33N5O. The van der Waals surface area contributed by atoms with E-state index in [0.29, 0.717) is 0 Å². The molecule has 168 valence electrons. The summed E-state index contributed by atoms with van der Waals surface area (Å²) >= 11 is 0. The van der Waals surface area contributed by atoms with Gasteiger partial charge in [-0.25, -0.2) is 9.97 Å². The van der Waals surface area contributed by atoms with Crippen LogP contribution in [-0.4, -0.2) is 72.9 Å². The van der Waals surface area contributed by atoms with E-state index < -0.39 is 0 Å². The molecule has 5 rings (SSSR count). The Morgan fingerprint density at radius 2 is 1.69 bits per heavy atom. The van der Waals surface area contributed by atoms with Crippen LogP contribution in [0.1, 0.15) is 20.8 Å². The van der Waals surface area contributed by atoms with Crippen LogP contribution >= 0.6 is 0 Å². The van der Waals surface area contributed by atoms with E-state index in [1.165, 1.54) is 10.8 Å². The normalized spacial score (nSPS) is 22.5. The first kappa shape index (κ1) is 21.2. The number of ether oxygens (including phenoxy) is 1. The molecule has 2 aliphatic rings. The Bertz CT molecular complexity index is 1050. The number of piperazine rings is 1. The van der Waals surface area contributed by atoms with Gasteiger partial charge < -0.3 is 19.4 Å². The van der Waals surface area contributed by atoms with Crippen LogP contribution in [0.25, 0.3) is 22.0 Å². The lowest BCUT2D eigenvalue weighted by Crippen LogP contribution is -2.46. The molecule has 0 amide bonds. The van der Waals surface area contributed by atoms with Crippen LogP contribution < -0.4 is 9.80 Å². The molecule has 0 N–H and O–H groups in total. The molecule has 2 unspecified atom stereocenters. The zero-order chi connectivity index (χ0) is 22.1. The molecule has 0 bridgehead atoms. The molecule has 0 aliphatic carbocycles. The average Bonchev–Trinajstić information content (AvgIpc) is 2.83. The monoisotopic (exact) mass is 431 g/mol. The largest absolute Gasteiger partial charge is 0.372 e. The van der Waals surface area contributed by atoms with E-state index in [2.05, 4.69) is 77.9 Å². The van der Waals surface area contributed by atoms with Crippen LogP contribution in [0.5, 0.6) is 0 Å². The van der Waals surface area contributed by atoms with Gasteiger partial charge in [-0.1, -0.05) is 31.2 Å². The van der Waals surface area contributed by atoms with Crippen LogP contribution in [-0.2, 0) is 4.74 Å². The molecule has 2 aromatic heterocycles. The molecule has 0 spiro atoms. The third kappa shape index (κ3) is 4.30. The van der Waals surface area contributed by atoms with Gasteiger partial charge in [0.2, 0.25) is 0 Å². The SMILES string of the molecule is CCN1CCN(c2nc(-c3ccc(N4CC(C)OC(C)C4)nc3)cc3ccccc23)CC1. The number of pyridine rings is 2. The number of benzene rings is 1. The number of rotatable bonds is 4. The smallest absolute Gasteiger partial charge is 0.137 e. The van der Waals surface area contributed by atoms with Gasteiger partial charge in [0.15, 0.2) is 0 Å². The molecule has 4 heterocycles. The summed E-state index contributed by atoms with van der Waals surface area (Å²) < 4.78 is 5.87. The summed E-state index contributed by atoms with van der Waals surface area (Å²) in [6, 6.07) is 15.1. The second-order valence-electron chi connectivity index (χ2n) is 9.04. The highest BCUT2D eigenvalue weighted by atomic mass is 16.5. The summed E-state index contributed by atoms with van der Waals surface area (Å²) in [7, 11) is 0. The summed E-state index contributed by atoms with van der Waals surface area (Å²) in [5.41, 5.74) is 2.04. The third-order valence-corrected chi connectivity index (χ3v) is 6.63. The lowest BCUT2D eigenvalue weighted by molar-refractivity contribution is -0.00545. The molecule has 2 saturated heterocycles. The van der Waals surface area contributed by atoms with E-state index in [9.17, 15) is 0 Å². The van der Waals surface area contributed by atoms with Gasteiger partial charge in [-0.05, 0) is 44.0 Å². The predicted octanol–water partition coefficient (Wildman–Crippen LogP) is 4.05. The van der Waals surface area contributed by atoms with Gasteiger partial charge in [-0.2, -0.15) is 0 Å². The van der Waals surface area contributed by atoms with Gasteiger partial charge in [-0.15, -0.1) is 0 Å². The van der Waals surface area contributed by atoms with Gasteiger partial charge in [-0.3, -0.25) is 0 Å². The van der Waals surface area contributed by atoms with Gasteiger partial charge >= 0.3 is 0 Å². The van der Waals surface area contributed by atoms with Crippen LogP contribution in [0.3, 0.4) is 0 Å². The van der Waals surface area contributed by atoms with Crippen molar-refractivity contribution in [2.75, 3.05) is 55.6 Å². The number of likely N-dealkylation sites (N-methyl/N-ethyl adjacent to an activating group) is 1. The average molecular weight is 432 g/mol. The molecule has 1 aromatic carbocycles. The minimum absolute atomic E-state index is 0.220. The van der Waals surface area contributed by atoms with Crippen molar-refractivity contribution in [3.8, 4) is 11.3 Å². The second-order valence-corrected chi connectivity index (χ2v) is 9.04. The number of nitrogens with zero attached hydrogens (tertiary/aromatic N) is 5. The molecule has 3 aromatic rings. The maximum Gasteiger partial charge on any atom is 0.137 e. The first-order valence-corrected chi connectivity index (χ1v) is 11.8. The molecule has 0 saturated carbocycles. The minimum atomic E-state index is 0.220. The van der Waals surface area contributed by atoms with Crippen molar-refractivity contribution >= 4 is 22.4 Å². The first-order chi connectivity index (χ1) is 15.6. The van der Waals surface area contributed by atoms with Crippen LogP contribution in [0.4, 0.5) is 11.6 Å². The molecule has 0 radical (unpaired) electrons. The van der Waals surface area contributed by atoms with E-state index in [0.717, 1.165) is 68.7 Å². The van der Waals surface area contributed by atoms with Gasteiger partial charge in [0.1, 0.15) is 11.6 Å². The number of fused-ring (bicyclic) bond motifs is 1. The fourth-order valence-electron chi connectivity index (χ4n) is 4.93. The highest BCUT2D eigenvalue weighted by molar-refractivity contribution is 5.95. The zero-order valence-electron chi connectivity index (χ0n) is 19.4. The predicted molar refractivity (Wildman–Crippen MR) is 132 cm³/mol. The third-order valence-electron chi connectivity index (χ3n) is 6.63. The zero-order valence-corrected chi connectivity index (χ0v) is 19.4. The molecule has 32 heavy (non-hydrogen) atoms. The summed E-state index contributed by atoms with van der Waals surface area (Å²) in [4.78, 5) is 17.2. The van der Waals surface area contributed by atoms with Crippen molar-refractivity contribution in [1.82, 2.24) is 14.9 Å². The Kier molecular flexibility index (Phi) is 5.98. The van der Waals surface area contributed by atoms with Gasteiger partial charge in [0, 0.05) is 56.4 Å². The van der Waals surface area contributed by atoms with Crippen LogP contribution in [0.15, 0.2) is 48.7 Å². The van der Waals surface area contributed by atoms with E-state index in [-0.39, 0.29) is 12.2 Å². The first-order valence-electron chi connectivity index (χ1n) is 11.8. The number of aromatic nitrogens is 2. The summed E-state index contributed by atoms with van der Waals surface area (Å²) in [5.74, 6) is 2.10. The minimum Gasteiger partial charge on any atom is -0.372 e. The fourth-order valence-corrected chi connectivity index (χ4v) is 4.93. The molecule has 2 fully saturated rings. The molecule has 6 heteroatoms. The lowest BCUT2D eigenvalue weighted by Gasteiger charge is -2.36. The van der Waals surface area contributed by atoms with E-state index in [4.69, 9.17) is 14.7 Å². The van der Waals surface area contributed by atoms with E-state index in [1.54, 1.807) is 0 Å². The quantitative estimate of drug-likeness (QED) is 0.621. The van der Waals surface area contributed by atoms with Crippen molar-refractivity contribution in [2.24, 2.45) is 0 Å². The molecule has 2 aliphatic heterocycles. The number of hydrogen-bond donors (Lipinski definition) is 0. The highest BCUT2D eigenvalue weighted by Gasteiger charge is 2.23. The Morgan fingerprint density at radius 1 is 0.938 bits per heavy atom. The topological polar surface area (TPSA) is 44.7 Å². The summed E-state index contributed by atoms with van der Waals surface area (Å²) in [6.45, 7) is 13.5. The summed E-state index contributed by atoms with van der Waals surface area (Å²) in [6.07, 6.45) is 2.41. The molecule has 6 nitrogen and oxygen atoms in total. The maximum atomic E-state index is 5.87. The van der Waals surface area contributed by atoms with E-state index in [1.807, 2.05) is 6.20 Å². The highest BCUT2D eigenvalue weighted by Crippen LogP contribution is 2.31. The van der Waals surface area contributed by atoms with Crippen LogP contribution in [0, 0.1) is 0 Å².